The van der Waals surface area contributed by atoms with Crippen LogP contribution in [0.1, 0.15) is 43.2 Å². The average Bonchev–Trinajstić information content (AvgIpc) is 2.52. The molecule has 0 N–H and O–H groups in total. The number of rotatable bonds is 4. The number of hydrogen-bond donors (Lipinski definition) is 0. The molecule has 0 bridgehead atoms. The minimum atomic E-state index is -4.91. The van der Waals surface area contributed by atoms with Crippen molar-refractivity contribution in [3.63, 3.8) is 0 Å². The molecule has 6 heteroatoms. The third-order valence-electron chi connectivity index (χ3n) is 4.72. The first kappa shape index (κ1) is 18.9. The summed E-state index contributed by atoms with van der Waals surface area (Å²) >= 11 is 0. The van der Waals surface area contributed by atoms with Crippen LogP contribution in [-0.4, -0.2) is 6.18 Å². The second-order valence-electron chi connectivity index (χ2n) is 6.50. The lowest BCUT2D eigenvalue weighted by Gasteiger charge is -2.27. The van der Waals surface area contributed by atoms with Gasteiger partial charge in [0.15, 0.2) is 17.5 Å². The summed E-state index contributed by atoms with van der Waals surface area (Å²) in [4.78, 5) is 0. The van der Waals surface area contributed by atoms with Gasteiger partial charge < -0.3 is 0 Å². The molecule has 1 aromatic carbocycles. The van der Waals surface area contributed by atoms with Crippen molar-refractivity contribution in [2.45, 2.75) is 51.6 Å². The van der Waals surface area contributed by atoms with Crippen LogP contribution in [0.4, 0.5) is 26.3 Å². The Labute approximate surface area is 137 Å². The molecule has 0 saturated heterocycles. The van der Waals surface area contributed by atoms with Crippen molar-refractivity contribution in [3.05, 3.63) is 46.8 Å². The first-order chi connectivity index (χ1) is 11.2. The summed E-state index contributed by atoms with van der Waals surface area (Å²) in [5, 5.41) is 0. The third-order valence-corrected chi connectivity index (χ3v) is 4.72. The molecule has 1 aliphatic rings. The van der Waals surface area contributed by atoms with E-state index in [2.05, 4.69) is 0 Å². The molecule has 0 unspecified atom stereocenters. The fourth-order valence-electron chi connectivity index (χ4n) is 3.18. The van der Waals surface area contributed by atoms with E-state index in [0.717, 1.165) is 0 Å². The van der Waals surface area contributed by atoms with Gasteiger partial charge in [-0.15, -0.1) is 0 Å². The van der Waals surface area contributed by atoms with Gasteiger partial charge >= 0.3 is 6.18 Å². The van der Waals surface area contributed by atoms with Gasteiger partial charge in [-0.25, -0.2) is 13.2 Å². The molecule has 1 fully saturated rings. The summed E-state index contributed by atoms with van der Waals surface area (Å²) in [6.07, 6.45) is -0.889. The monoisotopic (exact) mass is 350 g/mol. The second-order valence-corrected chi connectivity index (χ2v) is 6.50. The summed E-state index contributed by atoms with van der Waals surface area (Å²) in [5.74, 6) is -3.84. The van der Waals surface area contributed by atoms with Crippen molar-refractivity contribution < 1.29 is 26.3 Å². The highest BCUT2D eigenvalue weighted by Crippen LogP contribution is 2.36. The van der Waals surface area contributed by atoms with Crippen LogP contribution in [0, 0.1) is 30.4 Å². The number of hydrogen-bond acceptors (Lipinski definition) is 0. The van der Waals surface area contributed by atoms with Gasteiger partial charge in [0.05, 0.1) is 0 Å². The van der Waals surface area contributed by atoms with Gasteiger partial charge in [-0.3, -0.25) is 0 Å². The summed E-state index contributed by atoms with van der Waals surface area (Å²) in [7, 11) is 0. The Morgan fingerprint density at radius 1 is 1.08 bits per heavy atom. The zero-order valence-electron chi connectivity index (χ0n) is 13.4. The molecule has 0 atom stereocenters. The first-order valence-electron chi connectivity index (χ1n) is 8.06. The first-order valence-corrected chi connectivity index (χ1v) is 8.06. The summed E-state index contributed by atoms with van der Waals surface area (Å²) in [5.41, 5.74) is 0.582. The fourth-order valence-corrected chi connectivity index (χ4v) is 3.18. The molecule has 0 spiro atoms. The highest BCUT2D eigenvalue weighted by Gasteiger charge is 2.35. The van der Waals surface area contributed by atoms with Crippen LogP contribution in [-0.2, 0) is 6.42 Å². The molecule has 1 aliphatic carbocycles. The Kier molecular flexibility index (Phi) is 5.99. The van der Waals surface area contributed by atoms with Crippen molar-refractivity contribution in [1.82, 2.24) is 0 Å². The summed E-state index contributed by atoms with van der Waals surface area (Å²) in [6, 6.07) is 3.11. The van der Waals surface area contributed by atoms with Crippen molar-refractivity contribution >= 4 is 0 Å². The van der Waals surface area contributed by atoms with Crippen LogP contribution in [0.25, 0.3) is 0 Å². The SMILES string of the molecule is Cc1ccc(CCC2CCC(C=C(F)C(F)(F)F)CC2)c(F)c1F. The van der Waals surface area contributed by atoms with E-state index in [0.29, 0.717) is 50.2 Å². The fraction of sp³-hybridized carbons (Fsp3) is 0.556. The molecule has 0 amide bonds. The van der Waals surface area contributed by atoms with E-state index in [1.807, 2.05) is 0 Å². The van der Waals surface area contributed by atoms with E-state index < -0.39 is 29.6 Å². The van der Waals surface area contributed by atoms with E-state index in [1.54, 1.807) is 6.07 Å². The zero-order chi connectivity index (χ0) is 17.9. The van der Waals surface area contributed by atoms with Crippen LogP contribution in [0.15, 0.2) is 24.0 Å². The predicted molar refractivity (Wildman–Crippen MR) is 80.1 cm³/mol. The van der Waals surface area contributed by atoms with Crippen molar-refractivity contribution in [1.29, 1.82) is 0 Å². The molecule has 0 radical (unpaired) electrons. The van der Waals surface area contributed by atoms with Gasteiger partial charge in [-0.1, -0.05) is 12.1 Å². The third kappa shape index (κ3) is 4.77. The van der Waals surface area contributed by atoms with E-state index in [4.69, 9.17) is 0 Å². The Bertz CT molecular complexity index is 594. The molecular weight excluding hydrogens is 330 g/mol. The Balaban J connectivity index is 1.85. The van der Waals surface area contributed by atoms with E-state index in [9.17, 15) is 26.3 Å². The van der Waals surface area contributed by atoms with Crippen molar-refractivity contribution in [2.24, 2.45) is 11.8 Å². The van der Waals surface area contributed by atoms with E-state index in [1.165, 1.54) is 13.0 Å². The largest absolute Gasteiger partial charge is 0.442 e. The molecule has 0 heterocycles. The number of benzene rings is 1. The maximum Gasteiger partial charge on any atom is 0.442 e. The molecule has 1 aromatic rings. The van der Waals surface area contributed by atoms with Crippen LogP contribution in [0.5, 0.6) is 0 Å². The van der Waals surface area contributed by atoms with E-state index >= 15 is 0 Å². The molecule has 134 valence electrons. The van der Waals surface area contributed by atoms with Crippen LogP contribution >= 0.6 is 0 Å². The van der Waals surface area contributed by atoms with Crippen molar-refractivity contribution in [2.75, 3.05) is 0 Å². The van der Waals surface area contributed by atoms with Gasteiger partial charge in [-0.05, 0) is 74.5 Å². The maximum absolute atomic E-state index is 13.8. The van der Waals surface area contributed by atoms with Gasteiger partial charge in [0.1, 0.15) is 0 Å². The predicted octanol–water partition coefficient (Wildman–Crippen LogP) is 6.43. The summed E-state index contributed by atoms with van der Waals surface area (Å²) < 4.78 is 76.8. The molecule has 2 rings (SSSR count). The minimum absolute atomic E-state index is 0.243. The number of allylic oxidation sites excluding steroid dienone is 2. The average molecular weight is 350 g/mol. The van der Waals surface area contributed by atoms with Gasteiger partial charge in [-0.2, -0.15) is 13.2 Å². The highest BCUT2D eigenvalue weighted by molar-refractivity contribution is 5.25. The number of alkyl halides is 3. The lowest BCUT2D eigenvalue weighted by atomic mass is 9.79. The molecule has 0 nitrogen and oxygen atoms in total. The molecule has 1 saturated carbocycles. The number of aryl methyl sites for hydroxylation is 2. The zero-order valence-corrected chi connectivity index (χ0v) is 13.4. The van der Waals surface area contributed by atoms with E-state index in [-0.39, 0.29) is 11.5 Å². The Morgan fingerprint density at radius 3 is 2.29 bits per heavy atom. The highest BCUT2D eigenvalue weighted by atomic mass is 19.4. The van der Waals surface area contributed by atoms with Crippen LogP contribution in [0.2, 0.25) is 0 Å². The van der Waals surface area contributed by atoms with Crippen molar-refractivity contribution in [3.8, 4) is 0 Å². The minimum Gasteiger partial charge on any atom is -0.203 e. The van der Waals surface area contributed by atoms with Gasteiger partial charge in [0, 0.05) is 0 Å². The standard InChI is InChI=1S/C18H20F6/c1-11-2-8-14(17(21)16(11)20)9-7-12-3-5-13(6-4-12)10-15(19)18(22,23)24/h2,8,10,12-13H,3-7,9H2,1H3. The topological polar surface area (TPSA) is 0 Å². The second kappa shape index (κ2) is 7.62. The smallest absolute Gasteiger partial charge is 0.203 e. The van der Waals surface area contributed by atoms with Gasteiger partial charge in [0.2, 0.25) is 0 Å². The molecule has 0 aliphatic heterocycles. The summed E-state index contributed by atoms with van der Waals surface area (Å²) in [6.45, 7) is 1.50. The maximum atomic E-state index is 13.8. The van der Waals surface area contributed by atoms with Crippen LogP contribution < -0.4 is 0 Å². The Hall–Kier alpha value is -1.46. The lowest BCUT2D eigenvalue weighted by Crippen LogP contribution is -2.16. The molecule has 24 heavy (non-hydrogen) atoms. The van der Waals surface area contributed by atoms with Gasteiger partial charge in [0.25, 0.3) is 0 Å². The van der Waals surface area contributed by atoms with Crippen LogP contribution in [0.3, 0.4) is 0 Å². The number of halogens is 6. The molecule has 0 aromatic heterocycles. The normalized spacial score (nSPS) is 22.7. The lowest BCUT2D eigenvalue weighted by molar-refractivity contribution is -0.109. The molecular formula is C18H20F6. The quantitative estimate of drug-likeness (QED) is 0.549. The Morgan fingerprint density at radius 2 is 1.71 bits per heavy atom.